The Bertz CT molecular complexity index is 684. The predicted molar refractivity (Wildman–Crippen MR) is 77.6 cm³/mol. The number of imide groups is 1. The molecule has 1 aliphatic heterocycles. The standard InChI is InChI=1S/C16H16N2O2/c1-16(2,9-17)18-14(19)11-7-3-5-10-6-4-8-12(13(10)11)15(18)20/h3-8H,9,17H2,1-2H3. The first-order valence-corrected chi connectivity index (χ1v) is 6.58. The molecular weight excluding hydrogens is 252 g/mol. The Kier molecular flexibility index (Phi) is 2.66. The molecule has 102 valence electrons. The number of benzene rings is 2. The second kappa shape index (κ2) is 4.15. The molecule has 0 aromatic heterocycles. The van der Waals surface area contributed by atoms with Crippen molar-refractivity contribution in [2.75, 3.05) is 6.54 Å². The average molecular weight is 268 g/mol. The summed E-state index contributed by atoms with van der Waals surface area (Å²) in [5, 5.41) is 1.65. The molecule has 1 heterocycles. The van der Waals surface area contributed by atoms with E-state index in [1.165, 1.54) is 4.90 Å². The van der Waals surface area contributed by atoms with Crippen molar-refractivity contribution in [2.24, 2.45) is 5.73 Å². The molecule has 0 unspecified atom stereocenters. The molecule has 0 aliphatic carbocycles. The molecule has 0 saturated heterocycles. The van der Waals surface area contributed by atoms with Gasteiger partial charge in [-0.1, -0.05) is 24.3 Å². The van der Waals surface area contributed by atoms with Crippen LogP contribution in [-0.2, 0) is 0 Å². The number of nitrogens with two attached hydrogens (primary N) is 1. The van der Waals surface area contributed by atoms with E-state index in [9.17, 15) is 9.59 Å². The topological polar surface area (TPSA) is 63.4 Å². The molecule has 2 aromatic carbocycles. The lowest BCUT2D eigenvalue weighted by Gasteiger charge is -2.38. The van der Waals surface area contributed by atoms with Gasteiger partial charge in [-0.3, -0.25) is 14.5 Å². The van der Waals surface area contributed by atoms with E-state index >= 15 is 0 Å². The van der Waals surface area contributed by atoms with Crippen molar-refractivity contribution in [3.8, 4) is 0 Å². The summed E-state index contributed by atoms with van der Waals surface area (Å²) in [4.78, 5) is 26.6. The van der Waals surface area contributed by atoms with Crippen molar-refractivity contribution in [1.82, 2.24) is 4.90 Å². The van der Waals surface area contributed by atoms with E-state index in [0.717, 1.165) is 10.8 Å². The summed E-state index contributed by atoms with van der Waals surface area (Å²) in [6.07, 6.45) is 0. The summed E-state index contributed by atoms with van der Waals surface area (Å²) in [7, 11) is 0. The van der Waals surface area contributed by atoms with Gasteiger partial charge in [-0.05, 0) is 31.4 Å². The van der Waals surface area contributed by atoms with E-state index in [1.54, 1.807) is 26.0 Å². The van der Waals surface area contributed by atoms with E-state index in [-0.39, 0.29) is 18.4 Å². The maximum absolute atomic E-state index is 12.7. The highest BCUT2D eigenvalue weighted by Gasteiger charge is 2.40. The third-order valence-electron chi connectivity index (χ3n) is 3.88. The van der Waals surface area contributed by atoms with Crippen LogP contribution in [0.25, 0.3) is 10.8 Å². The molecule has 1 aliphatic rings. The molecule has 0 spiro atoms. The highest BCUT2D eigenvalue weighted by Crippen LogP contribution is 2.33. The second-order valence-electron chi connectivity index (χ2n) is 5.67. The van der Waals surface area contributed by atoms with Crippen molar-refractivity contribution < 1.29 is 9.59 Å². The van der Waals surface area contributed by atoms with Gasteiger partial charge < -0.3 is 5.73 Å². The number of carbonyl (C=O) groups is 2. The number of carbonyl (C=O) groups excluding carboxylic acids is 2. The van der Waals surface area contributed by atoms with Gasteiger partial charge in [0.25, 0.3) is 11.8 Å². The molecule has 0 radical (unpaired) electrons. The van der Waals surface area contributed by atoms with E-state index in [4.69, 9.17) is 5.73 Å². The molecule has 0 atom stereocenters. The molecule has 3 rings (SSSR count). The first-order chi connectivity index (χ1) is 9.47. The zero-order chi connectivity index (χ0) is 14.5. The zero-order valence-corrected chi connectivity index (χ0v) is 11.5. The Morgan fingerprint density at radius 3 is 1.95 bits per heavy atom. The van der Waals surface area contributed by atoms with Crippen LogP contribution in [0.5, 0.6) is 0 Å². The van der Waals surface area contributed by atoms with Crippen molar-refractivity contribution in [2.45, 2.75) is 19.4 Å². The van der Waals surface area contributed by atoms with Crippen LogP contribution in [0.1, 0.15) is 34.6 Å². The maximum atomic E-state index is 12.7. The smallest absolute Gasteiger partial charge is 0.261 e. The van der Waals surface area contributed by atoms with E-state index in [2.05, 4.69) is 0 Å². The molecule has 4 nitrogen and oxygen atoms in total. The minimum absolute atomic E-state index is 0.225. The van der Waals surface area contributed by atoms with Crippen LogP contribution in [0.3, 0.4) is 0 Å². The number of rotatable bonds is 2. The lowest BCUT2D eigenvalue weighted by Crippen LogP contribution is -2.56. The van der Waals surface area contributed by atoms with E-state index in [1.807, 2.05) is 24.3 Å². The minimum Gasteiger partial charge on any atom is -0.328 e. The van der Waals surface area contributed by atoms with Gasteiger partial charge in [-0.15, -0.1) is 0 Å². The van der Waals surface area contributed by atoms with E-state index in [0.29, 0.717) is 11.1 Å². The van der Waals surface area contributed by atoms with Crippen LogP contribution in [0, 0.1) is 0 Å². The highest BCUT2D eigenvalue weighted by atomic mass is 16.2. The number of nitrogens with zero attached hydrogens (tertiary/aromatic N) is 1. The lowest BCUT2D eigenvalue weighted by atomic mass is 9.90. The molecule has 0 bridgehead atoms. The normalized spacial score (nSPS) is 15.1. The summed E-state index contributed by atoms with van der Waals surface area (Å²) < 4.78 is 0. The Morgan fingerprint density at radius 1 is 1.00 bits per heavy atom. The zero-order valence-electron chi connectivity index (χ0n) is 11.5. The third-order valence-corrected chi connectivity index (χ3v) is 3.88. The SMILES string of the molecule is CC(C)(CN)N1C(=O)c2cccc3cccc(c23)C1=O. The van der Waals surface area contributed by atoms with Gasteiger partial charge in [-0.2, -0.15) is 0 Å². The maximum Gasteiger partial charge on any atom is 0.261 e. The molecule has 2 aromatic rings. The van der Waals surface area contributed by atoms with Crippen molar-refractivity contribution in [1.29, 1.82) is 0 Å². The van der Waals surface area contributed by atoms with Crippen LogP contribution in [-0.4, -0.2) is 28.8 Å². The summed E-state index contributed by atoms with van der Waals surface area (Å²) in [6.45, 7) is 3.83. The van der Waals surface area contributed by atoms with Gasteiger partial charge in [0, 0.05) is 23.1 Å². The fourth-order valence-electron chi connectivity index (χ4n) is 2.67. The van der Waals surface area contributed by atoms with Crippen LogP contribution >= 0.6 is 0 Å². The second-order valence-corrected chi connectivity index (χ2v) is 5.67. The molecule has 2 N–H and O–H groups in total. The molecule has 0 fully saturated rings. The number of hydrogen-bond donors (Lipinski definition) is 1. The number of amides is 2. The minimum atomic E-state index is -0.705. The van der Waals surface area contributed by atoms with Gasteiger partial charge in [0.05, 0.1) is 5.54 Å². The number of hydrogen-bond acceptors (Lipinski definition) is 3. The fourth-order valence-corrected chi connectivity index (χ4v) is 2.67. The van der Waals surface area contributed by atoms with Gasteiger partial charge in [0.1, 0.15) is 0 Å². The summed E-state index contributed by atoms with van der Waals surface area (Å²) in [6, 6.07) is 11.0. The van der Waals surface area contributed by atoms with Crippen molar-refractivity contribution in [3.05, 3.63) is 47.5 Å². The predicted octanol–water partition coefficient (Wildman–Crippen LogP) is 2.17. The van der Waals surface area contributed by atoms with Crippen LogP contribution in [0.4, 0.5) is 0 Å². The average Bonchev–Trinajstić information content (AvgIpc) is 2.44. The van der Waals surface area contributed by atoms with Gasteiger partial charge in [0.2, 0.25) is 0 Å². The Labute approximate surface area is 117 Å². The molecule has 20 heavy (non-hydrogen) atoms. The Hall–Kier alpha value is -2.20. The van der Waals surface area contributed by atoms with Crippen LogP contribution in [0.15, 0.2) is 36.4 Å². The van der Waals surface area contributed by atoms with Crippen LogP contribution < -0.4 is 5.73 Å². The van der Waals surface area contributed by atoms with Gasteiger partial charge >= 0.3 is 0 Å². The Balaban J connectivity index is 2.32. The summed E-state index contributed by atoms with van der Waals surface area (Å²) >= 11 is 0. The van der Waals surface area contributed by atoms with Gasteiger partial charge in [0.15, 0.2) is 0 Å². The first-order valence-electron chi connectivity index (χ1n) is 6.58. The quantitative estimate of drug-likeness (QED) is 0.849. The molecular formula is C16H16N2O2. The molecule has 4 heteroatoms. The monoisotopic (exact) mass is 268 g/mol. The van der Waals surface area contributed by atoms with E-state index < -0.39 is 5.54 Å². The largest absolute Gasteiger partial charge is 0.328 e. The van der Waals surface area contributed by atoms with Gasteiger partial charge in [-0.25, -0.2) is 0 Å². The van der Waals surface area contributed by atoms with Crippen molar-refractivity contribution in [3.63, 3.8) is 0 Å². The summed E-state index contributed by atoms with van der Waals surface area (Å²) in [5.41, 5.74) is 6.17. The lowest BCUT2D eigenvalue weighted by molar-refractivity contribution is 0.0445. The molecule has 0 saturated carbocycles. The van der Waals surface area contributed by atoms with Crippen molar-refractivity contribution >= 4 is 22.6 Å². The Morgan fingerprint density at radius 2 is 1.50 bits per heavy atom. The third kappa shape index (κ3) is 1.58. The molecule has 2 amide bonds. The van der Waals surface area contributed by atoms with Crippen LogP contribution in [0.2, 0.25) is 0 Å². The first kappa shape index (κ1) is 12.8. The fraction of sp³-hybridized carbons (Fsp3) is 0.250. The summed E-state index contributed by atoms with van der Waals surface area (Å²) in [5.74, 6) is -0.537. The highest BCUT2D eigenvalue weighted by molar-refractivity contribution is 6.25.